The zero-order chi connectivity index (χ0) is 20.2. The van der Waals surface area contributed by atoms with Crippen LogP contribution in [-0.4, -0.2) is 33.4 Å². The van der Waals surface area contributed by atoms with E-state index in [1.165, 1.54) is 0 Å². The minimum absolute atomic E-state index is 0.163. The van der Waals surface area contributed by atoms with Gasteiger partial charge in [0.05, 0.1) is 26.4 Å². The van der Waals surface area contributed by atoms with E-state index in [0.717, 1.165) is 0 Å². The Labute approximate surface area is 156 Å². The second kappa shape index (κ2) is 6.49. The highest BCUT2D eigenvalue weighted by molar-refractivity contribution is 7.99. The summed E-state index contributed by atoms with van der Waals surface area (Å²) < 4.78 is 66.2. The van der Waals surface area contributed by atoms with Crippen LogP contribution in [0.25, 0.3) is 10.9 Å². The molecule has 3 rings (SSSR count). The Balaban J connectivity index is 2.12. The maximum absolute atomic E-state index is 13.3. The van der Waals surface area contributed by atoms with Gasteiger partial charge in [0.1, 0.15) is 0 Å². The van der Waals surface area contributed by atoms with Gasteiger partial charge < -0.3 is 10.1 Å². The number of halogens is 6. The first-order valence-electron chi connectivity index (χ1n) is 7.55. The van der Waals surface area contributed by atoms with Gasteiger partial charge >= 0.3 is 11.9 Å². The van der Waals surface area contributed by atoms with Gasteiger partial charge in [-0.25, -0.2) is 13.6 Å². The van der Waals surface area contributed by atoms with Crippen molar-refractivity contribution < 1.29 is 27.1 Å². The quantitative estimate of drug-likeness (QED) is 0.512. The van der Waals surface area contributed by atoms with Crippen molar-refractivity contribution in [2.24, 2.45) is 5.41 Å². The summed E-state index contributed by atoms with van der Waals surface area (Å²) in [5.41, 5.74) is -4.67. The molecule has 5 nitrogen and oxygen atoms in total. The van der Waals surface area contributed by atoms with Crippen LogP contribution in [0.5, 0.6) is 0 Å². The van der Waals surface area contributed by atoms with Gasteiger partial charge in [0.15, 0.2) is 0 Å². The number of rotatable bonds is 4. The van der Waals surface area contributed by atoms with E-state index in [9.17, 15) is 36.6 Å². The lowest BCUT2D eigenvalue weighted by Crippen LogP contribution is -2.50. The number of benzene rings is 1. The van der Waals surface area contributed by atoms with E-state index in [1.807, 2.05) is 4.98 Å². The van der Waals surface area contributed by atoms with Crippen molar-refractivity contribution in [3.05, 3.63) is 37.5 Å². The van der Waals surface area contributed by atoms with E-state index in [2.05, 4.69) is 4.98 Å². The molecule has 148 valence electrons. The van der Waals surface area contributed by atoms with Gasteiger partial charge in [-0.05, 0) is 6.07 Å². The van der Waals surface area contributed by atoms with Gasteiger partial charge in [0, 0.05) is 30.6 Å². The van der Waals surface area contributed by atoms with Crippen LogP contribution in [0, 0.1) is 5.41 Å². The summed E-state index contributed by atoms with van der Waals surface area (Å²) in [6, 6.07) is 0.524. The second-order valence-electron chi connectivity index (χ2n) is 6.55. The topological polar surface area (TPSA) is 85.9 Å². The number of hydrogen-bond acceptors (Lipinski definition) is 4. The summed E-state index contributed by atoms with van der Waals surface area (Å²) in [7, 11) is 0. The molecule has 0 saturated heterocycles. The molecule has 2 aromatic rings. The third-order valence-corrected chi connectivity index (χ3v) is 6.32. The largest absolute Gasteiger partial charge is 0.417 e. The number of hydrogen-bond donors (Lipinski definition) is 3. The van der Waals surface area contributed by atoms with Crippen LogP contribution in [0.4, 0.5) is 22.0 Å². The molecule has 0 amide bonds. The number of nitrogens with one attached hydrogen (secondary N) is 2. The molecular weight excluding hydrogens is 419 g/mol. The van der Waals surface area contributed by atoms with Crippen molar-refractivity contribution in [1.82, 2.24) is 9.97 Å². The first-order valence-corrected chi connectivity index (χ1v) is 8.91. The smallest absolute Gasteiger partial charge is 0.396 e. The fourth-order valence-corrected chi connectivity index (χ4v) is 4.83. The lowest BCUT2D eigenvalue weighted by atomic mass is 9.68. The Morgan fingerprint density at radius 3 is 2.37 bits per heavy atom. The van der Waals surface area contributed by atoms with Gasteiger partial charge in [0.25, 0.3) is 5.56 Å². The third-order valence-electron chi connectivity index (χ3n) is 4.36. The first-order chi connectivity index (χ1) is 12.4. The van der Waals surface area contributed by atoms with Crippen molar-refractivity contribution in [2.45, 2.75) is 29.8 Å². The SMILES string of the molecule is O=c1[nH]c(=O)c2cc(C(F)(F)F)c(Cl)c(SCC3(CO)CC(F)(F)C3)c2[nH]1. The number of H-pyrrole nitrogens is 2. The zero-order valence-electron chi connectivity index (χ0n) is 13.3. The minimum Gasteiger partial charge on any atom is -0.396 e. The Kier molecular flexibility index (Phi) is 4.84. The molecule has 1 heterocycles. The number of alkyl halides is 5. The summed E-state index contributed by atoms with van der Waals surface area (Å²) >= 11 is 6.56. The van der Waals surface area contributed by atoms with Gasteiger partial charge in [0.2, 0.25) is 5.92 Å². The fourth-order valence-electron chi connectivity index (χ4n) is 3.12. The molecule has 1 aliphatic rings. The summed E-state index contributed by atoms with van der Waals surface area (Å²) in [6.07, 6.45) is -6.11. The van der Waals surface area contributed by atoms with Crippen molar-refractivity contribution in [3.63, 3.8) is 0 Å². The molecule has 0 atom stereocenters. The fraction of sp³-hybridized carbons (Fsp3) is 0.467. The van der Waals surface area contributed by atoms with Gasteiger partial charge in [-0.2, -0.15) is 13.2 Å². The van der Waals surface area contributed by atoms with E-state index < -0.39 is 64.2 Å². The van der Waals surface area contributed by atoms with E-state index >= 15 is 0 Å². The molecule has 1 saturated carbocycles. The number of fused-ring (bicyclic) bond motifs is 1. The average Bonchev–Trinajstić information content (AvgIpc) is 2.50. The molecule has 3 N–H and O–H groups in total. The van der Waals surface area contributed by atoms with Gasteiger partial charge in [-0.1, -0.05) is 11.6 Å². The molecule has 0 spiro atoms. The highest BCUT2D eigenvalue weighted by atomic mass is 35.5. The Morgan fingerprint density at radius 2 is 1.85 bits per heavy atom. The van der Waals surface area contributed by atoms with E-state index in [4.69, 9.17) is 11.6 Å². The predicted molar refractivity (Wildman–Crippen MR) is 89.6 cm³/mol. The lowest BCUT2D eigenvalue weighted by Gasteiger charge is -2.46. The number of aliphatic hydroxyl groups is 1. The summed E-state index contributed by atoms with van der Waals surface area (Å²) in [5, 5.41) is 8.24. The molecule has 1 aliphatic carbocycles. The van der Waals surface area contributed by atoms with Crippen LogP contribution in [0.2, 0.25) is 5.02 Å². The molecular formula is C15H12ClF5N2O3S. The molecule has 1 aromatic carbocycles. The summed E-state index contributed by atoms with van der Waals surface area (Å²) in [6.45, 7) is -0.582. The maximum Gasteiger partial charge on any atom is 0.417 e. The number of aliphatic hydroxyl groups excluding tert-OH is 1. The summed E-state index contributed by atoms with van der Waals surface area (Å²) in [5.74, 6) is -3.11. The standard InChI is InChI=1S/C15H12ClF5N2O3S/c16-8-7(15(19,20)21)1-6-9(22-12(26)23-11(6)25)10(8)27-5-13(4-24)2-14(17,18)3-13/h1,24H,2-5H2,(H2,22,23,25,26). The van der Waals surface area contributed by atoms with Crippen molar-refractivity contribution in [3.8, 4) is 0 Å². The zero-order valence-corrected chi connectivity index (χ0v) is 14.9. The molecule has 0 aliphatic heterocycles. The van der Waals surface area contributed by atoms with Crippen LogP contribution in [0.1, 0.15) is 18.4 Å². The average molecular weight is 431 g/mol. The highest BCUT2D eigenvalue weighted by Crippen LogP contribution is 2.54. The van der Waals surface area contributed by atoms with Crippen LogP contribution in [-0.2, 0) is 6.18 Å². The molecule has 0 radical (unpaired) electrons. The first kappa shape index (κ1) is 20.2. The van der Waals surface area contributed by atoms with E-state index in [0.29, 0.717) is 17.8 Å². The third kappa shape index (κ3) is 3.72. The van der Waals surface area contributed by atoms with Crippen molar-refractivity contribution in [2.75, 3.05) is 12.4 Å². The van der Waals surface area contributed by atoms with Crippen molar-refractivity contribution >= 4 is 34.3 Å². The Hall–Kier alpha value is -1.59. The molecule has 0 unspecified atom stereocenters. The monoisotopic (exact) mass is 430 g/mol. The number of aromatic amines is 2. The second-order valence-corrected chi connectivity index (χ2v) is 7.92. The Bertz CT molecular complexity index is 1010. The van der Waals surface area contributed by atoms with E-state index in [1.54, 1.807) is 0 Å². The van der Waals surface area contributed by atoms with Crippen LogP contribution in [0.3, 0.4) is 0 Å². The van der Waals surface area contributed by atoms with Crippen molar-refractivity contribution in [1.29, 1.82) is 0 Å². The van der Waals surface area contributed by atoms with Gasteiger partial charge in [-0.15, -0.1) is 11.8 Å². The number of thioether (sulfide) groups is 1. The maximum atomic E-state index is 13.3. The summed E-state index contributed by atoms with van der Waals surface area (Å²) in [4.78, 5) is 27.3. The normalized spacial score (nSPS) is 18.5. The highest BCUT2D eigenvalue weighted by Gasteiger charge is 2.56. The van der Waals surface area contributed by atoms with Gasteiger partial charge in [-0.3, -0.25) is 9.78 Å². The molecule has 27 heavy (non-hydrogen) atoms. The predicted octanol–water partition coefficient (Wildman–Crippen LogP) is 3.39. The Morgan fingerprint density at radius 1 is 1.22 bits per heavy atom. The number of aromatic nitrogens is 2. The minimum atomic E-state index is -4.87. The van der Waals surface area contributed by atoms with Crippen LogP contribution < -0.4 is 11.2 Å². The lowest BCUT2D eigenvalue weighted by molar-refractivity contribution is -0.165. The van der Waals surface area contributed by atoms with Crippen LogP contribution in [0.15, 0.2) is 20.6 Å². The van der Waals surface area contributed by atoms with E-state index in [-0.39, 0.29) is 16.2 Å². The molecule has 1 fully saturated rings. The molecule has 1 aromatic heterocycles. The molecule has 0 bridgehead atoms. The molecule has 12 heteroatoms. The van der Waals surface area contributed by atoms with Crippen LogP contribution >= 0.6 is 23.4 Å².